The van der Waals surface area contributed by atoms with Gasteiger partial charge in [0.25, 0.3) is 0 Å². The summed E-state index contributed by atoms with van der Waals surface area (Å²) in [5, 5.41) is 0. The highest BCUT2D eigenvalue weighted by atomic mass is 16.3. The first-order chi connectivity index (χ1) is 10.8. The molecule has 4 rings (SSSR count). The van der Waals surface area contributed by atoms with E-state index < -0.39 is 0 Å². The van der Waals surface area contributed by atoms with E-state index in [4.69, 9.17) is 4.42 Å². The molecule has 0 radical (unpaired) electrons. The molecule has 22 heavy (non-hydrogen) atoms. The summed E-state index contributed by atoms with van der Waals surface area (Å²) < 4.78 is 5.42. The lowest BCUT2D eigenvalue weighted by Gasteiger charge is -2.36. The second-order valence-electron chi connectivity index (χ2n) is 6.11. The van der Waals surface area contributed by atoms with Gasteiger partial charge in [0.2, 0.25) is 5.91 Å². The Bertz CT molecular complexity index is 630. The van der Waals surface area contributed by atoms with Gasteiger partial charge in [0.15, 0.2) is 0 Å². The van der Waals surface area contributed by atoms with E-state index in [1.165, 1.54) is 5.69 Å². The fourth-order valence-electron chi connectivity index (χ4n) is 3.34. The Morgan fingerprint density at radius 3 is 2.45 bits per heavy atom. The third-order valence-corrected chi connectivity index (χ3v) is 4.73. The number of para-hydroxylation sites is 1. The molecule has 0 bridgehead atoms. The Labute approximate surface area is 130 Å². The highest BCUT2D eigenvalue weighted by Crippen LogP contribution is 2.48. The molecule has 1 aliphatic heterocycles. The SMILES string of the molecule is O=C(C1CC1c1ccco1)N1CCN(c2ccccc2)CC1. The van der Waals surface area contributed by atoms with Crippen molar-refractivity contribution in [2.75, 3.05) is 31.1 Å². The Morgan fingerprint density at radius 2 is 1.77 bits per heavy atom. The molecule has 2 atom stereocenters. The molecule has 1 saturated carbocycles. The van der Waals surface area contributed by atoms with E-state index in [1.54, 1.807) is 6.26 Å². The molecule has 1 amide bonds. The lowest BCUT2D eigenvalue weighted by molar-refractivity contribution is -0.133. The lowest BCUT2D eigenvalue weighted by atomic mass is 10.2. The molecule has 114 valence electrons. The van der Waals surface area contributed by atoms with Gasteiger partial charge in [0.05, 0.1) is 6.26 Å². The number of piperazine rings is 1. The van der Waals surface area contributed by atoms with Crippen LogP contribution in [0.4, 0.5) is 5.69 Å². The summed E-state index contributed by atoms with van der Waals surface area (Å²) in [6.07, 6.45) is 2.62. The molecule has 0 N–H and O–H groups in total. The molecule has 1 saturated heterocycles. The van der Waals surface area contributed by atoms with E-state index in [-0.39, 0.29) is 5.92 Å². The number of rotatable bonds is 3. The van der Waals surface area contributed by atoms with Gasteiger partial charge in [-0.05, 0) is 30.7 Å². The van der Waals surface area contributed by atoms with Crippen molar-refractivity contribution >= 4 is 11.6 Å². The average Bonchev–Trinajstić information content (AvgIpc) is 3.20. The van der Waals surface area contributed by atoms with Gasteiger partial charge in [0, 0.05) is 43.7 Å². The average molecular weight is 296 g/mol. The maximum atomic E-state index is 12.6. The first kappa shape index (κ1) is 13.4. The largest absolute Gasteiger partial charge is 0.469 e. The molecule has 0 spiro atoms. The van der Waals surface area contributed by atoms with Gasteiger partial charge in [-0.1, -0.05) is 18.2 Å². The molecule has 1 aromatic heterocycles. The lowest BCUT2D eigenvalue weighted by Crippen LogP contribution is -2.49. The predicted octanol–water partition coefficient (Wildman–Crippen LogP) is 2.73. The number of amides is 1. The molecule has 2 aromatic rings. The van der Waals surface area contributed by atoms with Gasteiger partial charge in [-0.3, -0.25) is 4.79 Å². The van der Waals surface area contributed by atoms with Crippen LogP contribution in [-0.4, -0.2) is 37.0 Å². The smallest absolute Gasteiger partial charge is 0.226 e. The monoisotopic (exact) mass is 296 g/mol. The van der Waals surface area contributed by atoms with Gasteiger partial charge < -0.3 is 14.2 Å². The highest BCUT2D eigenvalue weighted by molar-refractivity contribution is 5.83. The summed E-state index contributed by atoms with van der Waals surface area (Å²) >= 11 is 0. The summed E-state index contributed by atoms with van der Waals surface area (Å²) in [5.41, 5.74) is 1.24. The summed E-state index contributed by atoms with van der Waals surface area (Å²) in [4.78, 5) is 16.9. The molecule has 2 unspecified atom stereocenters. The molecule has 4 heteroatoms. The van der Waals surface area contributed by atoms with Crippen molar-refractivity contribution in [2.24, 2.45) is 5.92 Å². The molecular weight excluding hydrogens is 276 g/mol. The molecular formula is C18H20N2O2. The minimum Gasteiger partial charge on any atom is -0.469 e. The summed E-state index contributed by atoms with van der Waals surface area (Å²) in [6, 6.07) is 14.3. The van der Waals surface area contributed by atoms with Crippen LogP contribution < -0.4 is 4.90 Å². The zero-order chi connectivity index (χ0) is 14.9. The normalized spacial score (nSPS) is 24.4. The van der Waals surface area contributed by atoms with Crippen LogP contribution in [-0.2, 0) is 4.79 Å². The molecule has 1 aromatic carbocycles. The van der Waals surface area contributed by atoms with Crippen LogP contribution in [0.15, 0.2) is 53.1 Å². The van der Waals surface area contributed by atoms with Gasteiger partial charge >= 0.3 is 0 Å². The van der Waals surface area contributed by atoms with Gasteiger partial charge in [-0.25, -0.2) is 0 Å². The predicted molar refractivity (Wildman–Crippen MR) is 84.8 cm³/mol. The summed E-state index contributed by atoms with van der Waals surface area (Å²) in [5.74, 6) is 1.69. The van der Waals surface area contributed by atoms with Crippen LogP contribution in [0.25, 0.3) is 0 Å². The number of benzene rings is 1. The number of furan rings is 1. The Kier molecular flexibility index (Phi) is 3.37. The first-order valence-electron chi connectivity index (χ1n) is 7.95. The Balaban J connectivity index is 1.33. The van der Waals surface area contributed by atoms with E-state index in [0.29, 0.717) is 11.8 Å². The van der Waals surface area contributed by atoms with Crippen molar-refractivity contribution < 1.29 is 9.21 Å². The van der Waals surface area contributed by atoms with E-state index in [9.17, 15) is 4.79 Å². The number of nitrogens with zero attached hydrogens (tertiary/aromatic N) is 2. The van der Waals surface area contributed by atoms with Crippen LogP contribution in [0, 0.1) is 5.92 Å². The number of carbonyl (C=O) groups is 1. The third kappa shape index (κ3) is 2.49. The molecule has 2 fully saturated rings. The zero-order valence-corrected chi connectivity index (χ0v) is 12.5. The Morgan fingerprint density at radius 1 is 1.00 bits per heavy atom. The quantitative estimate of drug-likeness (QED) is 0.874. The van der Waals surface area contributed by atoms with Crippen molar-refractivity contribution in [3.8, 4) is 0 Å². The molecule has 2 heterocycles. The number of hydrogen-bond donors (Lipinski definition) is 0. The number of hydrogen-bond acceptors (Lipinski definition) is 3. The van der Waals surface area contributed by atoms with Crippen LogP contribution in [0.3, 0.4) is 0 Å². The van der Waals surface area contributed by atoms with Crippen LogP contribution in [0.1, 0.15) is 18.1 Å². The van der Waals surface area contributed by atoms with Gasteiger partial charge in [-0.15, -0.1) is 0 Å². The molecule has 1 aliphatic carbocycles. The summed E-state index contributed by atoms with van der Waals surface area (Å²) in [6.45, 7) is 3.45. The second-order valence-corrected chi connectivity index (χ2v) is 6.11. The van der Waals surface area contributed by atoms with Gasteiger partial charge in [-0.2, -0.15) is 0 Å². The number of carbonyl (C=O) groups excluding carboxylic acids is 1. The zero-order valence-electron chi connectivity index (χ0n) is 12.5. The van der Waals surface area contributed by atoms with Crippen LogP contribution in [0.2, 0.25) is 0 Å². The van der Waals surface area contributed by atoms with E-state index in [1.807, 2.05) is 23.1 Å². The van der Waals surface area contributed by atoms with Crippen molar-refractivity contribution in [3.05, 3.63) is 54.5 Å². The minimum absolute atomic E-state index is 0.134. The van der Waals surface area contributed by atoms with Crippen molar-refractivity contribution in [1.29, 1.82) is 0 Å². The van der Waals surface area contributed by atoms with Gasteiger partial charge in [0.1, 0.15) is 5.76 Å². The Hall–Kier alpha value is -2.23. The molecule has 2 aliphatic rings. The van der Waals surface area contributed by atoms with Crippen LogP contribution >= 0.6 is 0 Å². The maximum Gasteiger partial charge on any atom is 0.226 e. The van der Waals surface area contributed by atoms with E-state index in [2.05, 4.69) is 29.2 Å². The molecule has 4 nitrogen and oxygen atoms in total. The standard InChI is InChI=1S/C18H20N2O2/c21-18(16-13-15(16)17-7-4-12-22-17)20-10-8-19(9-11-20)14-5-2-1-3-6-14/h1-7,12,15-16H,8-11,13H2. The van der Waals surface area contributed by atoms with Crippen LogP contribution in [0.5, 0.6) is 0 Å². The van der Waals surface area contributed by atoms with E-state index in [0.717, 1.165) is 38.4 Å². The van der Waals surface area contributed by atoms with Crippen molar-refractivity contribution in [2.45, 2.75) is 12.3 Å². The minimum atomic E-state index is 0.134. The fourth-order valence-corrected chi connectivity index (χ4v) is 3.34. The third-order valence-electron chi connectivity index (χ3n) is 4.73. The summed E-state index contributed by atoms with van der Waals surface area (Å²) in [7, 11) is 0. The maximum absolute atomic E-state index is 12.6. The number of anilines is 1. The van der Waals surface area contributed by atoms with Crippen molar-refractivity contribution in [1.82, 2.24) is 4.90 Å². The highest BCUT2D eigenvalue weighted by Gasteiger charge is 2.47. The van der Waals surface area contributed by atoms with E-state index >= 15 is 0 Å². The first-order valence-corrected chi connectivity index (χ1v) is 7.95. The topological polar surface area (TPSA) is 36.7 Å². The second kappa shape index (κ2) is 5.52. The fraction of sp³-hybridized carbons (Fsp3) is 0.389. The van der Waals surface area contributed by atoms with Crippen molar-refractivity contribution in [3.63, 3.8) is 0 Å².